The van der Waals surface area contributed by atoms with E-state index in [1.54, 1.807) is 49.4 Å². The summed E-state index contributed by atoms with van der Waals surface area (Å²) in [6.45, 7) is 2.82. The van der Waals surface area contributed by atoms with Gasteiger partial charge >= 0.3 is 46.9 Å². The summed E-state index contributed by atoms with van der Waals surface area (Å²) in [7, 11) is -6.36. The zero-order valence-corrected chi connectivity index (χ0v) is 37.2. The molecule has 1 radical (unpaired) electrons. The number of amides is 1. The molecule has 5 rings (SSSR count). The molecule has 4 N–H and O–H groups in total. The maximum Gasteiger partial charge on any atom is 3.00 e. The number of sulfonamides is 2. The number of halogens is 1. The van der Waals surface area contributed by atoms with Crippen LogP contribution in [-0.4, -0.2) is 42.1 Å². The number of benzene rings is 5. The summed E-state index contributed by atoms with van der Waals surface area (Å²) < 4.78 is 53.7. The van der Waals surface area contributed by atoms with Crippen LogP contribution in [0.25, 0.3) is 10.8 Å². The van der Waals surface area contributed by atoms with Crippen LogP contribution in [0.15, 0.2) is 122 Å². The smallest absolute Gasteiger partial charge is 0.874 e. The van der Waals surface area contributed by atoms with Crippen LogP contribution in [0.2, 0.25) is 5.02 Å². The average Bonchev–Trinajstić information content (AvgIpc) is 3.12. The molecule has 0 aromatic heterocycles. The van der Waals surface area contributed by atoms with E-state index in [2.05, 4.69) is 30.5 Å². The molecule has 59 heavy (non-hydrogen) atoms. The Hall–Kier alpha value is -5.08. The third kappa shape index (κ3) is 13.5. The Morgan fingerprint density at radius 2 is 1.49 bits per heavy atom. The quantitative estimate of drug-likeness (QED) is 0.0719. The second-order valence-corrected chi connectivity index (χ2v) is 15.4. The van der Waals surface area contributed by atoms with E-state index in [1.807, 2.05) is 0 Å². The Labute approximate surface area is 376 Å². The van der Waals surface area contributed by atoms with Crippen LogP contribution in [0.1, 0.15) is 22.8 Å². The molecule has 5 aromatic carbocycles. The number of rotatable bonds is 11. The number of hydrogen-bond acceptors (Lipinski definition) is 15. The minimum atomic E-state index is -4.15. The summed E-state index contributed by atoms with van der Waals surface area (Å²) in [5.41, 5.74) is -0.369. The third-order valence-electron chi connectivity index (χ3n) is 7.48. The molecule has 0 heterocycles. The predicted octanol–water partition coefficient (Wildman–Crippen LogP) is 0.758. The molecular formula is C36H30ClCrN7NaO11S2. The number of para-hydroxylation sites is 1. The van der Waals surface area contributed by atoms with Crippen LogP contribution in [0.3, 0.4) is 0 Å². The number of azo groups is 2. The zero-order chi connectivity index (χ0) is 42.2. The van der Waals surface area contributed by atoms with Crippen molar-refractivity contribution >= 4 is 82.7 Å². The standard InChI is InChI=1S/C18H16ClN3O5S.C18H18N4O6S.Cr.Na/c1-27-16-9-13(15(24)8-11(16)19)20-21-18-14(23)7-6-10-4-3-5-12(17(10)18)22-28(2,25)26;1-10-5-3-4-6-14(10)20-17(24)16(11(2)23)22-21-15-9-12(29(19,27)28)7-8-13(15)18(25)26;;/h3-9,22-24H,1-2H3;3-9,23H,1-2H3,(H,20,24)(H,25,26)(H2,19,27,28);;/q;;+3;+1/p-4/b;16-11+,22-21?;;. The first-order valence-corrected chi connectivity index (χ1v) is 19.7. The number of fused-ring (bicyclic) bond motifs is 1. The van der Waals surface area contributed by atoms with E-state index in [0.717, 1.165) is 43.0 Å². The molecule has 23 heteroatoms. The molecule has 0 atom stereocenters. The fourth-order valence-corrected chi connectivity index (χ4v) is 6.14. The molecule has 1 amide bonds. The number of hydrogen-bond donors (Lipinski definition) is 3. The van der Waals surface area contributed by atoms with Crippen molar-refractivity contribution in [1.29, 1.82) is 0 Å². The molecule has 0 aliphatic rings. The molecule has 0 unspecified atom stereocenters. The van der Waals surface area contributed by atoms with E-state index in [4.69, 9.17) is 21.5 Å². The van der Waals surface area contributed by atoms with Crippen LogP contribution in [0.5, 0.6) is 17.2 Å². The van der Waals surface area contributed by atoms with Gasteiger partial charge in [0.1, 0.15) is 11.4 Å². The maximum absolute atomic E-state index is 12.4. The Balaban J connectivity index is 0.000000394. The summed E-state index contributed by atoms with van der Waals surface area (Å²) >= 11 is 5.89. The number of nitrogens with two attached hydrogens (primary N) is 1. The van der Waals surface area contributed by atoms with Gasteiger partial charge in [0.05, 0.1) is 52.0 Å². The van der Waals surface area contributed by atoms with Crippen molar-refractivity contribution in [1.82, 2.24) is 0 Å². The van der Waals surface area contributed by atoms with Gasteiger partial charge in [-0.05, 0) is 54.3 Å². The van der Waals surface area contributed by atoms with Crippen molar-refractivity contribution in [2.45, 2.75) is 18.7 Å². The van der Waals surface area contributed by atoms with Crippen molar-refractivity contribution in [3.05, 3.63) is 113 Å². The van der Waals surface area contributed by atoms with Crippen LogP contribution >= 0.6 is 11.6 Å². The minimum absolute atomic E-state index is 0. The van der Waals surface area contributed by atoms with E-state index in [1.165, 1.54) is 25.3 Å². The number of ether oxygens (including phenoxy) is 1. The van der Waals surface area contributed by atoms with E-state index >= 15 is 0 Å². The summed E-state index contributed by atoms with van der Waals surface area (Å²) in [4.78, 5) is 23.2. The fourth-order valence-electron chi connectivity index (χ4n) is 4.81. The SMILES string of the molecule is C/C([O-])=C(\N=Nc1cc(S(N)(=O)=O)ccc1C(=O)[O-])C(=O)Nc1ccccc1C.COc1cc(N=Nc2c([O-])ccc3cccc(NS(C)(=O)=O)c23)c([O-])cc1Cl.[Cr+3].[Na+]. The molecule has 5 aromatic rings. The average molecular weight is 911 g/mol. The maximum atomic E-state index is 12.4. The number of aromatic carboxylic acids is 1. The van der Waals surface area contributed by atoms with E-state index < -0.39 is 71.0 Å². The second-order valence-electron chi connectivity index (χ2n) is 11.7. The third-order valence-corrected chi connectivity index (χ3v) is 9.28. The Kier molecular flexibility index (Phi) is 18.0. The summed E-state index contributed by atoms with van der Waals surface area (Å²) in [5.74, 6) is -4.02. The summed E-state index contributed by atoms with van der Waals surface area (Å²) in [6, 6.07) is 19.7. The molecule has 18 nitrogen and oxygen atoms in total. The Bertz CT molecular complexity index is 2720. The normalized spacial score (nSPS) is 11.8. The molecule has 301 valence electrons. The van der Waals surface area contributed by atoms with Gasteiger partial charge < -0.3 is 35.3 Å². The van der Waals surface area contributed by atoms with Crippen molar-refractivity contribution in [2.75, 3.05) is 23.4 Å². The van der Waals surface area contributed by atoms with Gasteiger partial charge in [0.2, 0.25) is 20.0 Å². The first-order valence-electron chi connectivity index (χ1n) is 15.9. The molecule has 0 spiro atoms. The minimum Gasteiger partial charge on any atom is -0.874 e. The van der Waals surface area contributed by atoms with Crippen molar-refractivity contribution in [3.8, 4) is 17.2 Å². The van der Waals surface area contributed by atoms with E-state index in [9.17, 15) is 46.9 Å². The van der Waals surface area contributed by atoms with Gasteiger partial charge in [0.15, 0.2) is 0 Å². The number of nitrogens with zero attached hydrogens (tertiary/aromatic N) is 4. The van der Waals surface area contributed by atoms with Crippen LogP contribution in [0, 0.1) is 6.92 Å². The molecule has 0 aliphatic heterocycles. The fraction of sp³-hybridized carbons (Fsp3) is 0.111. The predicted molar refractivity (Wildman–Crippen MR) is 203 cm³/mol. The molecule has 0 saturated carbocycles. The number of carboxylic acids is 1. The number of carbonyl (C=O) groups is 2. The van der Waals surface area contributed by atoms with Gasteiger partial charge in [-0.3, -0.25) is 9.52 Å². The van der Waals surface area contributed by atoms with Gasteiger partial charge in [0, 0.05) is 22.7 Å². The first-order chi connectivity index (χ1) is 26.7. The van der Waals surface area contributed by atoms with E-state index in [-0.39, 0.29) is 80.1 Å². The number of nitrogens with one attached hydrogen (secondary N) is 2. The van der Waals surface area contributed by atoms with Crippen molar-refractivity contribution in [2.24, 2.45) is 25.6 Å². The molecule has 0 aliphatic carbocycles. The number of carbonyl (C=O) groups excluding carboxylic acids is 2. The molecule has 0 bridgehead atoms. The van der Waals surface area contributed by atoms with Gasteiger partial charge in [-0.2, -0.15) is 10.2 Å². The van der Waals surface area contributed by atoms with Crippen LogP contribution < -0.4 is 69.9 Å². The van der Waals surface area contributed by atoms with Gasteiger partial charge in [0.25, 0.3) is 5.91 Å². The second kappa shape index (κ2) is 21.3. The number of methoxy groups -OCH3 is 1. The zero-order valence-electron chi connectivity index (χ0n) is 31.5. The number of primary sulfonamides is 1. The molecule has 0 fully saturated rings. The molecule has 0 saturated heterocycles. The first kappa shape index (κ1) is 50.1. The van der Waals surface area contributed by atoms with Crippen LogP contribution in [0.4, 0.5) is 28.4 Å². The number of aryl methyl sites for hydroxylation is 1. The van der Waals surface area contributed by atoms with Crippen molar-refractivity contribution in [3.63, 3.8) is 0 Å². The van der Waals surface area contributed by atoms with Crippen molar-refractivity contribution < 1.29 is 98.5 Å². The number of anilines is 2. The number of allylic oxidation sites excluding steroid dienone is 1. The largest absolute Gasteiger partial charge is 3.00 e. The van der Waals surface area contributed by atoms with Crippen LogP contribution in [-0.2, 0) is 42.2 Å². The Morgan fingerprint density at radius 1 is 0.831 bits per heavy atom. The van der Waals surface area contributed by atoms with Gasteiger partial charge in [-0.1, -0.05) is 72.5 Å². The Morgan fingerprint density at radius 3 is 2.08 bits per heavy atom. The van der Waals surface area contributed by atoms with Gasteiger partial charge in [-0.15, -0.1) is 16.0 Å². The summed E-state index contributed by atoms with van der Waals surface area (Å²) in [5, 5.41) is 70.9. The van der Waals surface area contributed by atoms with E-state index in [0.29, 0.717) is 11.1 Å². The number of carboxylic acid groups (broad SMARTS) is 1. The monoisotopic (exact) mass is 910 g/mol. The summed E-state index contributed by atoms with van der Waals surface area (Å²) in [6.07, 6.45) is 0.998. The van der Waals surface area contributed by atoms with Gasteiger partial charge in [-0.25, -0.2) is 22.0 Å². The molecular weight excluding hydrogens is 881 g/mol. The topological polar surface area (TPSA) is 303 Å².